The Kier molecular flexibility index (Phi) is 7.91. The number of nitrogens with zero attached hydrogens (tertiary/aromatic N) is 4. The highest BCUT2D eigenvalue weighted by Gasteiger charge is 2.34. The fraction of sp³-hybridized carbons (Fsp3) is 0.0159. The zero-order chi connectivity index (χ0) is 46.4. The van der Waals surface area contributed by atoms with Crippen LogP contribution in [0.1, 0.15) is 11.1 Å². The molecular formula is C63H34N4O2S. The Hall–Kier alpha value is -9.40. The van der Waals surface area contributed by atoms with Gasteiger partial charge in [0.2, 0.25) is 5.69 Å². The normalized spacial score (nSPS) is 12.0. The highest BCUT2D eigenvalue weighted by molar-refractivity contribution is 7.26. The Morgan fingerprint density at radius 1 is 0.486 bits per heavy atom. The molecule has 0 fully saturated rings. The van der Waals surface area contributed by atoms with Crippen LogP contribution in [0.4, 0.5) is 5.69 Å². The predicted octanol–water partition coefficient (Wildman–Crippen LogP) is 18.1. The van der Waals surface area contributed by atoms with Gasteiger partial charge in [-0.1, -0.05) is 151 Å². The van der Waals surface area contributed by atoms with E-state index in [2.05, 4.69) is 130 Å². The fourth-order valence-electron chi connectivity index (χ4n) is 11.5. The van der Waals surface area contributed by atoms with Crippen molar-refractivity contribution in [3.8, 4) is 39.7 Å². The van der Waals surface area contributed by atoms with E-state index in [4.69, 9.17) is 8.83 Å². The highest BCUT2D eigenvalue weighted by atomic mass is 32.1. The lowest BCUT2D eigenvalue weighted by molar-refractivity contribution is 0.671. The van der Waals surface area contributed by atoms with Crippen molar-refractivity contribution in [3.63, 3.8) is 0 Å². The van der Waals surface area contributed by atoms with Gasteiger partial charge in [-0.15, -0.1) is 11.3 Å². The maximum atomic E-state index is 12.1. The van der Waals surface area contributed by atoms with E-state index >= 15 is 0 Å². The summed E-state index contributed by atoms with van der Waals surface area (Å²) in [5, 5.41) is 22.4. The lowest BCUT2D eigenvalue weighted by atomic mass is 9.88. The second-order valence-electron chi connectivity index (χ2n) is 18.1. The average Bonchev–Trinajstić information content (AvgIpc) is 4.23. The fourth-order valence-corrected chi connectivity index (χ4v) is 12.8. The first kappa shape index (κ1) is 38.7. The molecular weight excluding hydrogens is 877 g/mol. The molecule has 0 atom stereocenters. The van der Waals surface area contributed by atoms with Gasteiger partial charge in [-0.3, -0.25) is 0 Å². The molecule has 0 amide bonds. The van der Waals surface area contributed by atoms with E-state index in [1.807, 2.05) is 84.9 Å². The first-order valence-corrected chi connectivity index (χ1v) is 24.1. The molecule has 0 aliphatic carbocycles. The van der Waals surface area contributed by atoms with Gasteiger partial charge in [0.05, 0.1) is 50.3 Å². The van der Waals surface area contributed by atoms with Crippen molar-refractivity contribution in [1.82, 2.24) is 9.13 Å². The molecule has 0 saturated heterocycles. The molecule has 70 heavy (non-hydrogen) atoms. The summed E-state index contributed by atoms with van der Waals surface area (Å²) in [6.07, 6.45) is 0. The molecule has 324 valence electrons. The SMILES string of the molecule is [C-]#[N+]c1c(-c2ccccc2)c(C#N)c(-n2c3ccc(C)cc3c3ccc4c5ccccc5oc4c32)c(-c2ccccc2)c1-n1c2c(ccc3c4ccccc4oc32)c2ccc3c4ccccc4sc3c21. The van der Waals surface area contributed by atoms with Crippen LogP contribution in [-0.4, -0.2) is 9.13 Å². The van der Waals surface area contributed by atoms with Crippen molar-refractivity contribution in [2.45, 2.75) is 6.92 Å². The largest absolute Gasteiger partial charge is 0.454 e. The third kappa shape index (κ3) is 5.08. The van der Waals surface area contributed by atoms with Crippen LogP contribution in [0.3, 0.4) is 0 Å². The summed E-state index contributed by atoms with van der Waals surface area (Å²) in [4.78, 5) is 4.62. The Morgan fingerprint density at radius 3 is 1.66 bits per heavy atom. The number of hydrogen-bond acceptors (Lipinski definition) is 4. The summed E-state index contributed by atoms with van der Waals surface area (Å²) in [5.74, 6) is 0. The summed E-state index contributed by atoms with van der Waals surface area (Å²) in [6.45, 7) is 11.6. The number of aromatic nitrogens is 2. The van der Waals surface area contributed by atoms with Crippen LogP contribution in [0.25, 0.3) is 146 Å². The van der Waals surface area contributed by atoms with Gasteiger partial charge in [0.25, 0.3) is 0 Å². The summed E-state index contributed by atoms with van der Waals surface area (Å²) < 4.78 is 20.9. The van der Waals surface area contributed by atoms with Crippen LogP contribution in [0.5, 0.6) is 0 Å². The molecule has 10 aromatic carbocycles. The van der Waals surface area contributed by atoms with Crippen molar-refractivity contribution in [1.29, 1.82) is 5.26 Å². The average molecular weight is 911 g/mol. The molecule has 15 aromatic rings. The van der Waals surface area contributed by atoms with E-state index in [1.54, 1.807) is 11.3 Å². The van der Waals surface area contributed by atoms with Crippen LogP contribution in [0.2, 0.25) is 0 Å². The third-order valence-corrected chi connectivity index (χ3v) is 15.6. The molecule has 6 nitrogen and oxygen atoms in total. The minimum absolute atomic E-state index is 0.362. The number of fused-ring (bicyclic) bond motifs is 18. The zero-order valence-electron chi connectivity index (χ0n) is 37.4. The lowest BCUT2D eigenvalue weighted by Gasteiger charge is -2.25. The monoisotopic (exact) mass is 910 g/mol. The van der Waals surface area contributed by atoms with E-state index in [9.17, 15) is 11.8 Å². The Balaban J connectivity index is 1.27. The number of hydrogen-bond donors (Lipinski definition) is 0. The van der Waals surface area contributed by atoms with Crippen molar-refractivity contribution in [3.05, 3.63) is 211 Å². The lowest BCUT2D eigenvalue weighted by Crippen LogP contribution is -2.09. The smallest absolute Gasteiger partial charge is 0.220 e. The van der Waals surface area contributed by atoms with Crippen LogP contribution in [-0.2, 0) is 0 Å². The number of furan rings is 2. The topological polar surface area (TPSA) is 64.3 Å². The van der Waals surface area contributed by atoms with Gasteiger partial charge in [0, 0.05) is 69.7 Å². The van der Waals surface area contributed by atoms with Gasteiger partial charge in [0.15, 0.2) is 11.2 Å². The predicted molar refractivity (Wildman–Crippen MR) is 289 cm³/mol. The van der Waals surface area contributed by atoms with E-state index in [1.165, 1.54) is 10.1 Å². The second-order valence-corrected chi connectivity index (χ2v) is 19.2. The van der Waals surface area contributed by atoms with Gasteiger partial charge >= 0.3 is 0 Å². The third-order valence-electron chi connectivity index (χ3n) is 14.4. The molecule has 15 rings (SSSR count). The van der Waals surface area contributed by atoms with Crippen LogP contribution < -0.4 is 0 Å². The first-order valence-electron chi connectivity index (χ1n) is 23.3. The molecule has 0 aliphatic rings. The van der Waals surface area contributed by atoms with E-state index in [-0.39, 0.29) is 0 Å². The minimum atomic E-state index is 0.362. The van der Waals surface area contributed by atoms with E-state index in [0.29, 0.717) is 28.2 Å². The highest BCUT2D eigenvalue weighted by Crippen LogP contribution is 2.55. The number of nitriles is 1. The van der Waals surface area contributed by atoms with Crippen molar-refractivity contribution in [2.24, 2.45) is 0 Å². The zero-order valence-corrected chi connectivity index (χ0v) is 38.2. The Morgan fingerprint density at radius 2 is 1.01 bits per heavy atom. The maximum Gasteiger partial charge on any atom is 0.220 e. The summed E-state index contributed by atoms with van der Waals surface area (Å²) in [5.41, 5.74) is 12.7. The number of rotatable bonds is 4. The number of benzene rings is 10. The molecule has 0 N–H and O–H groups in total. The van der Waals surface area contributed by atoms with E-state index < -0.39 is 0 Å². The van der Waals surface area contributed by atoms with Gasteiger partial charge in [-0.2, -0.15) is 5.26 Å². The molecule has 7 heteroatoms. The number of para-hydroxylation sites is 2. The minimum Gasteiger partial charge on any atom is -0.454 e. The second kappa shape index (κ2) is 14.3. The van der Waals surface area contributed by atoms with Gasteiger partial charge < -0.3 is 18.0 Å². The molecule has 0 radical (unpaired) electrons. The van der Waals surface area contributed by atoms with Gasteiger partial charge in [0.1, 0.15) is 17.2 Å². The summed E-state index contributed by atoms with van der Waals surface area (Å²) in [7, 11) is 0. The maximum absolute atomic E-state index is 12.1. The van der Waals surface area contributed by atoms with Gasteiger partial charge in [-0.25, -0.2) is 4.85 Å². The van der Waals surface area contributed by atoms with Crippen molar-refractivity contribution in [2.75, 3.05) is 0 Å². The molecule has 5 heterocycles. The summed E-state index contributed by atoms with van der Waals surface area (Å²) in [6, 6.07) is 67.7. The summed E-state index contributed by atoms with van der Waals surface area (Å²) >= 11 is 1.76. The quantitative estimate of drug-likeness (QED) is 0.165. The molecule has 5 aromatic heterocycles. The first-order chi connectivity index (χ1) is 34.6. The van der Waals surface area contributed by atoms with Crippen LogP contribution in [0, 0.1) is 24.8 Å². The Labute approximate surface area is 403 Å². The van der Waals surface area contributed by atoms with E-state index in [0.717, 1.165) is 120 Å². The molecule has 0 spiro atoms. The number of thiophene rings is 1. The molecule has 0 aliphatic heterocycles. The van der Waals surface area contributed by atoms with Gasteiger partial charge in [-0.05, 0) is 60.5 Å². The van der Waals surface area contributed by atoms with Crippen LogP contribution >= 0.6 is 11.3 Å². The molecule has 0 bridgehead atoms. The Bertz CT molecular complexity index is 4730. The van der Waals surface area contributed by atoms with Crippen molar-refractivity contribution >= 4 is 125 Å². The van der Waals surface area contributed by atoms with Crippen LogP contribution in [0.15, 0.2) is 197 Å². The standard InChI is InChI=1S/C63H34N4O2S/c1-35-25-32-49-47(33-35)43-27-30-44-38-19-9-12-22-50(38)68-61(44)57(43)66(49)56-48(34-64)53(36-15-5-3-6-16-36)55(65-2)60(54(56)37-17-7-4-8-18-37)67-58-41(26-29-45-39-20-10-13-23-51(39)69-62(45)58)42-28-31-46-40-21-11-14-24-52(40)70-63(46)59(42)67/h3-33H,1H3. The molecule has 0 saturated carbocycles. The molecule has 0 unspecified atom stereocenters. The van der Waals surface area contributed by atoms with Crippen molar-refractivity contribution < 1.29 is 8.83 Å². The number of aryl methyl sites for hydroxylation is 1.